The molecule has 2 saturated heterocycles. The van der Waals surface area contributed by atoms with E-state index in [0.29, 0.717) is 17.0 Å². The molecule has 6 heteroatoms. The van der Waals surface area contributed by atoms with E-state index in [4.69, 9.17) is 11.6 Å². The summed E-state index contributed by atoms with van der Waals surface area (Å²) in [6, 6.07) is 11.4. The zero-order chi connectivity index (χ0) is 18.8. The van der Waals surface area contributed by atoms with Crippen LogP contribution in [0.3, 0.4) is 0 Å². The molecule has 0 radical (unpaired) electrons. The molecule has 3 atom stereocenters. The van der Waals surface area contributed by atoms with Gasteiger partial charge in [0.15, 0.2) is 0 Å². The van der Waals surface area contributed by atoms with Crippen LogP contribution in [0.25, 0.3) is 0 Å². The van der Waals surface area contributed by atoms with Gasteiger partial charge in [0.2, 0.25) is 5.91 Å². The lowest BCUT2D eigenvalue weighted by Gasteiger charge is -2.39. The molecule has 27 heavy (non-hydrogen) atoms. The third-order valence-corrected chi connectivity index (χ3v) is 5.82. The lowest BCUT2D eigenvalue weighted by molar-refractivity contribution is -0.135. The molecule has 1 aromatic heterocycles. The van der Waals surface area contributed by atoms with Crippen LogP contribution in [0, 0.1) is 0 Å². The van der Waals surface area contributed by atoms with Crippen LogP contribution in [-0.2, 0) is 11.2 Å². The van der Waals surface area contributed by atoms with Gasteiger partial charge in [-0.25, -0.2) is 0 Å². The molecule has 2 aliphatic rings. The van der Waals surface area contributed by atoms with E-state index in [9.17, 15) is 9.59 Å². The molecule has 5 nitrogen and oxygen atoms in total. The number of nitrogens with one attached hydrogen (secondary N) is 1. The molecule has 2 aliphatic heterocycles. The van der Waals surface area contributed by atoms with E-state index >= 15 is 0 Å². The summed E-state index contributed by atoms with van der Waals surface area (Å²) in [5.41, 5.74) is 1.61. The molecule has 2 bridgehead atoms. The van der Waals surface area contributed by atoms with Gasteiger partial charge in [-0.15, -0.1) is 0 Å². The van der Waals surface area contributed by atoms with Gasteiger partial charge in [0.05, 0.1) is 6.42 Å². The third-order valence-electron chi connectivity index (χ3n) is 5.57. The third kappa shape index (κ3) is 3.98. The van der Waals surface area contributed by atoms with Crippen molar-refractivity contribution in [1.29, 1.82) is 0 Å². The number of carbonyl (C=O) groups is 2. The average Bonchev–Trinajstić information content (AvgIpc) is 2.95. The first-order valence-corrected chi connectivity index (χ1v) is 9.74. The normalized spacial score (nSPS) is 23.9. The number of aromatic nitrogens is 1. The zero-order valence-electron chi connectivity index (χ0n) is 15.0. The van der Waals surface area contributed by atoms with Crippen molar-refractivity contribution in [2.24, 2.45) is 0 Å². The van der Waals surface area contributed by atoms with Gasteiger partial charge in [-0.1, -0.05) is 23.7 Å². The molecule has 4 rings (SSSR count). The van der Waals surface area contributed by atoms with Crippen LogP contribution < -0.4 is 5.32 Å². The fourth-order valence-corrected chi connectivity index (χ4v) is 4.47. The molecule has 0 aliphatic carbocycles. The van der Waals surface area contributed by atoms with E-state index < -0.39 is 0 Å². The van der Waals surface area contributed by atoms with E-state index in [1.807, 2.05) is 24.3 Å². The van der Waals surface area contributed by atoms with Crippen LogP contribution in [0.2, 0.25) is 5.02 Å². The molecule has 2 fully saturated rings. The van der Waals surface area contributed by atoms with Gasteiger partial charge < -0.3 is 10.2 Å². The monoisotopic (exact) mass is 383 g/mol. The van der Waals surface area contributed by atoms with Crippen molar-refractivity contribution < 1.29 is 9.59 Å². The van der Waals surface area contributed by atoms with Crippen LogP contribution in [0.4, 0.5) is 0 Å². The van der Waals surface area contributed by atoms with Crippen molar-refractivity contribution in [2.45, 2.75) is 50.2 Å². The summed E-state index contributed by atoms with van der Waals surface area (Å²) in [6.45, 7) is 0. The van der Waals surface area contributed by atoms with Gasteiger partial charge >= 0.3 is 0 Å². The average molecular weight is 384 g/mol. The molecule has 0 spiro atoms. The number of carbonyl (C=O) groups excluding carboxylic acids is 2. The number of piperidine rings is 1. The Bertz CT molecular complexity index is 811. The summed E-state index contributed by atoms with van der Waals surface area (Å²) in [7, 11) is 0. The van der Waals surface area contributed by atoms with Gasteiger partial charge in [-0.05, 0) is 55.5 Å². The van der Waals surface area contributed by atoms with Crippen LogP contribution in [-0.4, -0.2) is 39.8 Å². The van der Waals surface area contributed by atoms with Crippen molar-refractivity contribution in [3.63, 3.8) is 0 Å². The van der Waals surface area contributed by atoms with Crippen LogP contribution in [0.1, 0.15) is 41.6 Å². The Labute approximate surface area is 163 Å². The predicted octanol–water partition coefficient (Wildman–Crippen LogP) is 3.23. The highest BCUT2D eigenvalue weighted by Gasteiger charge is 2.43. The summed E-state index contributed by atoms with van der Waals surface area (Å²) in [4.78, 5) is 31.3. The number of nitrogens with zero attached hydrogens (tertiary/aromatic N) is 2. The van der Waals surface area contributed by atoms with Gasteiger partial charge in [0, 0.05) is 41.1 Å². The van der Waals surface area contributed by atoms with Gasteiger partial charge in [-0.2, -0.15) is 0 Å². The van der Waals surface area contributed by atoms with Gasteiger partial charge in [-0.3, -0.25) is 14.6 Å². The fraction of sp³-hybridized carbons (Fsp3) is 0.381. The minimum Gasteiger partial charge on any atom is -0.349 e. The molecule has 2 aromatic rings. The lowest BCUT2D eigenvalue weighted by atomic mass is 9.96. The zero-order valence-corrected chi connectivity index (χ0v) is 15.7. The number of hydrogen-bond donors (Lipinski definition) is 1. The van der Waals surface area contributed by atoms with Crippen molar-refractivity contribution in [3.8, 4) is 0 Å². The molecule has 1 aromatic carbocycles. The van der Waals surface area contributed by atoms with Crippen LogP contribution >= 0.6 is 11.6 Å². The molecular formula is C21H22ClN3O2. The molecule has 3 heterocycles. The van der Waals surface area contributed by atoms with E-state index in [0.717, 1.165) is 31.2 Å². The van der Waals surface area contributed by atoms with E-state index in [-0.39, 0.29) is 29.9 Å². The maximum Gasteiger partial charge on any atom is 0.251 e. The summed E-state index contributed by atoms with van der Waals surface area (Å²) in [5.74, 6) is 0.103. The fourth-order valence-electron chi connectivity index (χ4n) is 4.34. The van der Waals surface area contributed by atoms with Gasteiger partial charge in [0.25, 0.3) is 5.91 Å². The smallest absolute Gasteiger partial charge is 0.251 e. The maximum absolute atomic E-state index is 12.9. The van der Waals surface area contributed by atoms with Crippen LogP contribution in [0.15, 0.2) is 48.8 Å². The number of rotatable bonds is 4. The Morgan fingerprint density at radius 3 is 2.30 bits per heavy atom. The highest BCUT2D eigenvalue weighted by atomic mass is 35.5. The Morgan fingerprint density at radius 2 is 1.67 bits per heavy atom. The second-order valence-electron chi connectivity index (χ2n) is 7.37. The molecule has 0 saturated carbocycles. The van der Waals surface area contributed by atoms with Crippen LogP contribution in [0.5, 0.6) is 0 Å². The maximum atomic E-state index is 12.9. The summed E-state index contributed by atoms with van der Waals surface area (Å²) in [6.07, 6.45) is 7.31. The minimum atomic E-state index is -0.0669. The van der Waals surface area contributed by atoms with Crippen molar-refractivity contribution >= 4 is 23.4 Å². The quantitative estimate of drug-likeness (QED) is 0.881. The molecular weight excluding hydrogens is 362 g/mol. The number of pyridine rings is 1. The van der Waals surface area contributed by atoms with Crippen molar-refractivity contribution in [3.05, 3.63) is 64.9 Å². The molecule has 140 valence electrons. The van der Waals surface area contributed by atoms with Gasteiger partial charge in [0.1, 0.15) is 0 Å². The second kappa shape index (κ2) is 7.69. The Hall–Kier alpha value is -2.40. The summed E-state index contributed by atoms with van der Waals surface area (Å²) < 4.78 is 0. The minimum absolute atomic E-state index is 0.0669. The highest BCUT2D eigenvalue weighted by molar-refractivity contribution is 6.30. The molecule has 2 amide bonds. The summed E-state index contributed by atoms with van der Waals surface area (Å²) in [5, 5.41) is 3.81. The van der Waals surface area contributed by atoms with E-state index in [2.05, 4.69) is 15.2 Å². The lowest BCUT2D eigenvalue weighted by Crippen LogP contribution is -2.52. The Kier molecular flexibility index (Phi) is 5.12. The van der Waals surface area contributed by atoms with Crippen molar-refractivity contribution in [1.82, 2.24) is 15.2 Å². The topological polar surface area (TPSA) is 62.3 Å². The van der Waals surface area contributed by atoms with Crippen molar-refractivity contribution in [2.75, 3.05) is 0 Å². The number of halogens is 1. The SMILES string of the molecule is O=C(NC1C[C@H]2CC[C@@H](C1)N2C(=O)Cc1ccc(Cl)cc1)c1ccncc1. The van der Waals surface area contributed by atoms with E-state index in [1.54, 1.807) is 24.5 Å². The van der Waals surface area contributed by atoms with E-state index in [1.165, 1.54) is 0 Å². The predicted molar refractivity (Wildman–Crippen MR) is 104 cm³/mol. The number of hydrogen-bond acceptors (Lipinski definition) is 3. The number of fused-ring (bicyclic) bond motifs is 2. The first-order chi connectivity index (χ1) is 13.1. The molecule has 1 N–H and O–H groups in total. The first kappa shape index (κ1) is 18.0. The largest absolute Gasteiger partial charge is 0.349 e. The number of amides is 2. The summed E-state index contributed by atoms with van der Waals surface area (Å²) >= 11 is 5.92. The Balaban J connectivity index is 1.38. The highest BCUT2D eigenvalue weighted by Crippen LogP contribution is 2.36. The Morgan fingerprint density at radius 1 is 1.04 bits per heavy atom. The standard InChI is InChI=1S/C21H22ClN3O2/c22-16-3-1-14(2-4-16)11-20(26)25-18-5-6-19(25)13-17(12-18)24-21(27)15-7-9-23-10-8-15/h1-4,7-10,17-19H,5-6,11-13H2,(H,24,27)/t17?,18-,19+. The molecule has 1 unspecified atom stereocenters. The second-order valence-corrected chi connectivity index (χ2v) is 7.80. The number of benzene rings is 1. The first-order valence-electron chi connectivity index (χ1n) is 9.36.